The highest BCUT2D eigenvalue weighted by Gasteiger charge is 2.13. The van der Waals surface area contributed by atoms with Crippen molar-refractivity contribution in [2.45, 2.75) is 20.3 Å². The number of carbonyl (C=O) groups excluding carboxylic acids is 2. The number of hydrogen-bond acceptors (Lipinski definition) is 5. The second-order valence-electron chi connectivity index (χ2n) is 5.96. The van der Waals surface area contributed by atoms with E-state index < -0.39 is 11.8 Å². The zero-order chi connectivity index (χ0) is 18.5. The summed E-state index contributed by atoms with van der Waals surface area (Å²) in [5, 5.41) is 4.65. The van der Waals surface area contributed by atoms with Crippen LogP contribution in [-0.4, -0.2) is 23.6 Å². The van der Waals surface area contributed by atoms with Gasteiger partial charge >= 0.3 is 0 Å². The number of para-hydroxylation sites is 1. The van der Waals surface area contributed by atoms with Crippen LogP contribution in [0, 0.1) is 13.8 Å². The summed E-state index contributed by atoms with van der Waals surface area (Å²) in [5.74, 6) is -0.214. The zero-order valence-corrected chi connectivity index (χ0v) is 14.5. The van der Waals surface area contributed by atoms with E-state index >= 15 is 0 Å². The average Bonchev–Trinajstić information content (AvgIpc) is 3.04. The number of amides is 2. The lowest BCUT2D eigenvalue weighted by atomic mass is 10.1. The van der Waals surface area contributed by atoms with Gasteiger partial charge in [-0.3, -0.25) is 20.4 Å². The number of carbonyl (C=O) groups is 2. The van der Waals surface area contributed by atoms with E-state index in [9.17, 15) is 9.59 Å². The van der Waals surface area contributed by atoms with Crippen LogP contribution in [0.4, 0.5) is 0 Å². The largest absolute Gasteiger partial charge is 0.483 e. The summed E-state index contributed by atoms with van der Waals surface area (Å²) in [6.45, 7) is 3.65. The van der Waals surface area contributed by atoms with Gasteiger partial charge in [0.2, 0.25) is 5.91 Å². The number of aromatic nitrogens is 1. The van der Waals surface area contributed by atoms with Gasteiger partial charge in [-0.05, 0) is 43.2 Å². The molecule has 2 aromatic carbocycles. The molecule has 0 saturated heterocycles. The van der Waals surface area contributed by atoms with Crippen LogP contribution >= 0.6 is 0 Å². The summed E-state index contributed by atoms with van der Waals surface area (Å²) in [6.07, 6.45) is -0.00482. The van der Waals surface area contributed by atoms with Crippen LogP contribution in [0.2, 0.25) is 0 Å². The van der Waals surface area contributed by atoms with Crippen molar-refractivity contribution >= 4 is 22.8 Å². The van der Waals surface area contributed by atoms with Crippen molar-refractivity contribution in [1.82, 2.24) is 16.0 Å². The molecule has 0 fully saturated rings. The molecule has 0 aliphatic heterocycles. The predicted octanol–water partition coefficient (Wildman–Crippen LogP) is 2.21. The Morgan fingerprint density at radius 3 is 2.69 bits per heavy atom. The Balaban J connectivity index is 1.48. The number of nitrogens with zero attached hydrogens (tertiary/aromatic N) is 1. The summed E-state index contributed by atoms with van der Waals surface area (Å²) < 4.78 is 10.6. The normalized spacial score (nSPS) is 10.5. The number of benzene rings is 2. The van der Waals surface area contributed by atoms with Gasteiger partial charge in [0.15, 0.2) is 12.2 Å². The summed E-state index contributed by atoms with van der Waals surface area (Å²) in [6, 6.07) is 13.0. The minimum atomic E-state index is -0.454. The second-order valence-corrected chi connectivity index (χ2v) is 5.96. The van der Waals surface area contributed by atoms with Gasteiger partial charge in [-0.2, -0.15) is 0 Å². The molecule has 2 amide bonds. The number of rotatable bonds is 5. The van der Waals surface area contributed by atoms with Gasteiger partial charge < -0.3 is 9.26 Å². The average molecular weight is 353 g/mol. The number of fused-ring (bicyclic) bond motifs is 1. The zero-order valence-electron chi connectivity index (χ0n) is 14.5. The third kappa shape index (κ3) is 4.18. The minimum absolute atomic E-state index is 0.00482. The Labute approximate surface area is 150 Å². The first kappa shape index (κ1) is 17.5. The van der Waals surface area contributed by atoms with Crippen LogP contribution < -0.4 is 15.6 Å². The van der Waals surface area contributed by atoms with E-state index in [0.717, 1.165) is 16.5 Å². The molecule has 0 bridgehead atoms. The second kappa shape index (κ2) is 7.69. The molecule has 1 aromatic heterocycles. The fourth-order valence-electron chi connectivity index (χ4n) is 2.44. The van der Waals surface area contributed by atoms with E-state index in [1.165, 1.54) is 0 Å². The van der Waals surface area contributed by atoms with Crippen molar-refractivity contribution in [3.63, 3.8) is 0 Å². The van der Waals surface area contributed by atoms with E-state index in [1.54, 1.807) is 6.07 Å². The van der Waals surface area contributed by atoms with Gasteiger partial charge in [0, 0.05) is 5.39 Å². The summed E-state index contributed by atoms with van der Waals surface area (Å²) >= 11 is 0. The molecule has 0 spiro atoms. The van der Waals surface area contributed by atoms with Gasteiger partial charge in [-0.1, -0.05) is 29.4 Å². The van der Waals surface area contributed by atoms with Crippen LogP contribution in [0.3, 0.4) is 0 Å². The number of hydrazine groups is 1. The number of hydrogen-bond donors (Lipinski definition) is 2. The number of nitrogens with one attached hydrogen (secondary N) is 2. The fraction of sp³-hybridized carbons (Fsp3) is 0.211. The molecule has 3 aromatic rings. The lowest BCUT2D eigenvalue weighted by Gasteiger charge is -2.10. The number of ether oxygens (including phenoxy) is 1. The van der Waals surface area contributed by atoms with Gasteiger partial charge in [-0.25, -0.2) is 0 Å². The predicted molar refractivity (Wildman–Crippen MR) is 95.4 cm³/mol. The maximum absolute atomic E-state index is 12.0. The molecule has 134 valence electrons. The van der Waals surface area contributed by atoms with Crippen LogP contribution in [0.5, 0.6) is 5.75 Å². The molecule has 0 saturated carbocycles. The van der Waals surface area contributed by atoms with Gasteiger partial charge in [0.1, 0.15) is 11.4 Å². The standard InChI is InChI=1S/C19H19N3O4/c1-12-7-8-13(2)17(9-12)25-11-19(24)21-20-18(23)10-15-14-5-3-4-6-16(14)26-22-15/h3-9H,10-11H2,1-2H3,(H,20,23)(H,21,24). The van der Waals surface area contributed by atoms with Crippen molar-refractivity contribution in [3.8, 4) is 5.75 Å². The van der Waals surface area contributed by atoms with Crippen molar-refractivity contribution < 1.29 is 18.8 Å². The van der Waals surface area contributed by atoms with Gasteiger partial charge in [-0.15, -0.1) is 0 Å². The summed E-state index contributed by atoms with van der Waals surface area (Å²) in [4.78, 5) is 23.8. The van der Waals surface area contributed by atoms with E-state index in [-0.39, 0.29) is 13.0 Å². The van der Waals surface area contributed by atoms with E-state index in [2.05, 4.69) is 16.0 Å². The molecule has 0 aliphatic carbocycles. The first-order chi connectivity index (χ1) is 12.5. The van der Waals surface area contributed by atoms with Crippen LogP contribution in [0.15, 0.2) is 47.0 Å². The molecule has 1 heterocycles. The van der Waals surface area contributed by atoms with Crippen molar-refractivity contribution in [2.24, 2.45) is 0 Å². The molecule has 0 aliphatic rings. The molecule has 2 N–H and O–H groups in total. The van der Waals surface area contributed by atoms with E-state index in [0.29, 0.717) is 17.0 Å². The molecule has 7 heteroatoms. The molecule has 7 nitrogen and oxygen atoms in total. The Hall–Kier alpha value is -3.35. The molecule has 0 atom stereocenters. The topological polar surface area (TPSA) is 93.5 Å². The Morgan fingerprint density at radius 2 is 1.85 bits per heavy atom. The van der Waals surface area contributed by atoms with Crippen molar-refractivity contribution in [1.29, 1.82) is 0 Å². The Bertz CT molecular complexity index is 949. The van der Waals surface area contributed by atoms with Gasteiger partial charge in [0.25, 0.3) is 5.91 Å². The fourth-order valence-corrected chi connectivity index (χ4v) is 2.44. The molecular weight excluding hydrogens is 334 g/mol. The third-order valence-corrected chi connectivity index (χ3v) is 3.82. The quantitative estimate of drug-likeness (QED) is 0.686. The van der Waals surface area contributed by atoms with Crippen LogP contribution in [-0.2, 0) is 16.0 Å². The highest BCUT2D eigenvalue weighted by atomic mass is 16.5. The molecule has 0 unspecified atom stereocenters. The summed E-state index contributed by atoms with van der Waals surface area (Å²) in [5.41, 5.74) is 7.77. The summed E-state index contributed by atoms with van der Waals surface area (Å²) in [7, 11) is 0. The molecule has 0 radical (unpaired) electrons. The van der Waals surface area contributed by atoms with E-state index in [1.807, 2.05) is 50.2 Å². The Morgan fingerprint density at radius 1 is 1.08 bits per heavy atom. The molecule has 3 rings (SSSR count). The lowest BCUT2D eigenvalue weighted by molar-refractivity contribution is -0.129. The first-order valence-electron chi connectivity index (χ1n) is 8.14. The van der Waals surface area contributed by atoms with Crippen molar-refractivity contribution in [2.75, 3.05) is 6.61 Å². The van der Waals surface area contributed by atoms with Crippen LogP contribution in [0.1, 0.15) is 16.8 Å². The molecule has 26 heavy (non-hydrogen) atoms. The monoisotopic (exact) mass is 353 g/mol. The lowest BCUT2D eigenvalue weighted by Crippen LogP contribution is -2.44. The minimum Gasteiger partial charge on any atom is -0.483 e. The van der Waals surface area contributed by atoms with E-state index in [4.69, 9.17) is 9.26 Å². The highest BCUT2D eigenvalue weighted by Crippen LogP contribution is 2.19. The van der Waals surface area contributed by atoms with Crippen molar-refractivity contribution in [3.05, 3.63) is 59.3 Å². The maximum atomic E-state index is 12.0. The third-order valence-electron chi connectivity index (χ3n) is 3.82. The highest BCUT2D eigenvalue weighted by molar-refractivity contribution is 5.87. The SMILES string of the molecule is Cc1ccc(C)c(OCC(=O)NNC(=O)Cc2noc3ccccc23)c1. The smallest absolute Gasteiger partial charge is 0.276 e. The number of aryl methyl sites for hydroxylation is 2. The first-order valence-corrected chi connectivity index (χ1v) is 8.14. The maximum Gasteiger partial charge on any atom is 0.276 e. The van der Waals surface area contributed by atoms with Crippen LogP contribution in [0.25, 0.3) is 11.0 Å². The van der Waals surface area contributed by atoms with Gasteiger partial charge in [0.05, 0.1) is 6.42 Å². The molecular formula is C19H19N3O4. The Kier molecular flexibility index (Phi) is 5.17.